The van der Waals surface area contributed by atoms with Crippen molar-refractivity contribution in [1.29, 1.82) is 0 Å². The summed E-state index contributed by atoms with van der Waals surface area (Å²) in [6.07, 6.45) is 0. The summed E-state index contributed by atoms with van der Waals surface area (Å²) in [6, 6.07) is 12.1. The van der Waals surface area contributed by atoms with Crippen LogP contribution >= 0.6 is 0 Å². The van der Waals surface area contributed by atoms with Crippen molar-refractivity contribution in [2.75, 3.05) is 31.1 Å². The molecule has 0 saturated carbocycles. The van der Waals surface area contributed by atoms with Crippen LogP contribution in [0.2, 0.25) is 0 Å². The molecule has 4 nitrogen and oxygen atoms in total. The zero-order valence-electron chi connectivity index (χ0n) is 12.5. The number of rotatable bonds is 2. The first kappa shape index (κ1) is 13.7. The Balaban J connectivity index is 1.64. The van der Waals surface area contributed by atoms with Crippen molar-refractivity contribution in [2.45, 2.75) is 13.8 Å². The van der Waals surface area contributed by atoms with Gasteiger partial charge in [-0.05, 0) is 43.7 Å². The molecule has 1 aliphatic rings. The fourth-order valence-corrected chi connectivity index (χ4v) is 2.70. The first-order valence-corrected chi connectivity index (χ1v) is 7.31. The van der Waals surface area contributed by atoms with Crippen LogP contribution in [0.1, 0.15) is 21.9 Å². The third kappa shape index (κ3) is 2.94. The summed E-state index contributed by atoms with van der Waals surface area (Å²) in [6.45, 7) is 7.12. The molecule has 1 saturated heterocycles. The monoisotopic (exact) mass is 284 g/mol. The molecule has 0 atom stereocenters. The molecule has 0 radical (unpaired) electrons. The topological polar surface area (TPSA) is 36.7 Å². The van der Waals surface area contributed by atoms with Crippen LogP contribution < -0.4 is 4.90 Å². The Morgan fingerprint density at radius 3 is 2.43 bits per heavy atom. The van der Waals surface area contributed by atoms with Crippen molar-refractivity contribution in [3.63, 3.8) is 0 Å². The SMILES string of the molecule is Cc1cccc(N2CCN(C(=O)c3ccc(C)o3)CC2)c1. The standard InChI is InChI=1S/C17H20N2O2/c1-13-4-3-5-15(12-13)18-8-10-19(11-9-18)17(20)16-7-6-14(2)21-16/h3-7,12H,8-11H2,1-2H3. The molecule has 2 heterocycles. The van der Waals surface area contributed by atoms with Crippen LogP contribution in [0, 0.1) is 13.8 Å². The molecule has 0 unspecified atom stereocenters. The average Bonchev–Trinajstić information content (AvgIpc) is 2.93. The molecule has 1 aromatic carbocycles. The van der Waals surface area contributed by atoms with Gasteiger partial charge in [-0.2, -0.15) is 0 Å². The smallest absolute Gasteiger partial charge is 0.289 e. The number of benzene rings is 1. The Bertz CT molecular complexity index is 640. The van der Waals surface area contributed by atoms with Crippen LogP contribution in [0.15, 0.2) is 40.8 Å². The Morgan fingerprint density at radius 1 is 1.05 bits per heavy atom. The Labute approximate surface area is 125 Å². The normalized spacial score (nSPS) is 15.3. The molecule has 1 fully saturated rings. The van der Waals surface area contributed by atoms with Crippen molar-refractivity contribution < 1.29 is 9.21 Å². The predicted octanol–water partition coefficient (Wildman–Crippen LogP) is 2.86. The number of hydrogen-bond acceptors (Lipinski definition) is 3. The van der Waals surface area contributed by atoms with E-state index in [2.05, 4.69) is 36.1 Å². The second-order valence-corrected chi connectivity index (χ2v) is 5.53. The lowest BCUT2D eigenvalue weighted by atomic mass is 10.2. The third-order valence-corrected chi connectivity index (χ3v) is 3.88. The van der Waals surface area contributed by atoms with Crippen LogP contribution in [0.4, 0.5) is 5.69 Å². The van der Waals surface area contributed by atoms with Crippen LogP contribution in [0.25, 0.3) is 0 Å². The van der Waals surface area contributed by atoms with Crippen molar-refractivity contribution in [3.05, 3.63) is 53.5 Å². The van der Waals surface area contributed by atoms with Crippen LogP contribution in [0.3, 0.4) is 0 Å². The summed E-state index contributed by atoms with van der Waals surface area (Å²) >= 11 is 0. The van der Waals surface area contributed by atoms with Gasteiger partial charge in [-0.25, -0.2) is 0 Å². The molecule has 1 amide bonds. The molecular formula is C17H20N2O2. The fourth-order valence-electron chi connectivity index (χ4n) is 2.70. The molecule has 0 bridgehead atoms. The van der Waals surface area contributed by atoms with Gasteiger partial charge < -0.3 is 14.2 Å². The molecule has 0 aliphatic carbocycles. The number of carbonyl (C=O) groups excluding carboxylic acids is 1. The van der Waals surface area contributed by atoms with Crippen molar-refractivity contribution in [1.82, 2.24) is 4.90 Å². The van der Waals surface area contributed by atoms with Crippen molar-refractivity contribution in [3.8, 4) is 0 Å². The number of hydrogen-bond donors (Lipinski definition) is 0. The summed E-state index contributed by atoms with van der Waals surface area (Å²) in [5.74, 6) is 1.21. The maximum Gasteiger partial charge on any atom is 0.289 e. The van der Waals surface area contributed by atoms with E-state index in [4.69, 9.17) is 4.42 Å². The highest BCUT2D eigenvalue weighted by Crippen LogP contribution is 2.19. The lowest BCUT2D eigenvalue weighted by molar-refractivity contribution is 0.0713. The van der Waals surface area contributed by atoms with Gasteiger partial charge in [0.25, 0.3) is 5.91 Å². The summed E-state index contributed by atoms with van der Waals surface area (Å²) in [5, 5.41) is 0. The van der Waals surface area contributed by atoms with Crippen LogP contribution in [0.5, 0.6) is 0 Å². The molecule has 3 rings (SSSR count). The van der Waals surface area contributed by atoms with E-state index >= 15 is 0 Å². The molecule has 2 aromatic rings. The highest BCUT2D eigenvalue weighted by Gasteiger charge is 2.24. The Kier molecular flexibility index (Phi) is 3.69. The van der Waals surface area contributed by atoms with Crippen molar-refractivity contribution in [2.24, 2.45) is 0 Å². The third-order valence-electron chi connectivity index (χ3n) is 3.88. The van der Waals surface area contributed by atoms with E-state index < -0.39 is 0 Å². The van der Waals surface area contributed by atoms with E-state index in [1.165, 1.54) is 11.3 Å². The quantitative estimate of drug-likeness (QED) is 0.851. The van der Waals surface area contributed by atoms with Gasteiger partial charge in [-0.1, -0.05) is 12.1 Å². The van der Waals surface area contributed by atoms with Gasteiger partial charge in [-0.3, -0.25) is 4.79 Å². The number of carbonyl (C=O) groups is 1. The van der Waals surface area contributed by atoms with Gasteiger partial charge in [0.05, 0.1) is 0 Å². The number of nitrogens with zero attached hydrogens (tertiary/aromatic N) is 2. The van der Waals surface area contributed by atoms with Crippen LogP contribution in [-0.4, -0.2) is 37.0 Å². The molecule has 21 heavy (non-hydrogen) atoms. The van der Waals surface area contributed by atoms with Gasteiger partial charge >= 0.3 is 0 Å². The average molecular weight is 284 g/mol. The number of piperazine rings is 1. The largest absolute Gasteiger partial charge is 0.456 e. The molecule has 1 aliphatic heterocycles. The summed E-state index contributed by atoms with van der Waals surface area (Å²) in [5.41, 5.74) is 2.49. The summed E-state index contributed by atoms with van der Waals surface area (Å²) in [4.78, 5) is 16.5. The maximum absolute atomic E-state index is 12.3. The Morgan fingerprint density at radius 2 is 1.81 bits per heavy atom. The number of anilines is 1. The lowest BCUT2D eigenvalue weighted by Crippen LogP contribution is -2.48. The highest BCUT2D eigenvalue weighted by atomic mass is 16.3. The second-order valence-electron chi connectivity index (χ2n) is 5.53. The maximum atomic E-state index is 12.3. The van der Waals surface area contributed by atoms with Gasteiger partial charge in [0.1, 0.15) is 5.76 Å². The van der Waals surface area contributed by atoms with Gasteiger partial charge in [0.2, 0.25) is 0 Å². The number of aryl methyl sites for hydroxylation is 2. The fraction of sp³-hybridized carbons (Fsp3) is 0.353. The molecule has 1 aromatic heterocycles. The first-order chi connectivity index (χ1) is 10.1. The minimum Gasteiger partial charge on any atom is -0.456 e. The molecule has 0 N–H and O–H groups in total. The minimum absolute atomic E-state index is 0.00741. The van der Waals surface area contributed by atoms with E-state index in [1.54, 1.807) is 6.07 Å². The minimum atomic E-state index is -0.00741. The first-order valence-electron chi connectivity index (χ1n) is 7.31. The summed E-state index contributed by atoms with van der Waals surface area (Å²) < 4.78 is 5.42. The Hall–Kier alpha value is -2.23. The van der Waals surface area contributed by atoms with Crippen LogP contribution in [-0.2, 0) is 0 Å². The lowest BCUT2D eigenvalue weighted by Gasteiger charge is -2.35. The van der Waals surface area contributed by atoms with E-state index in [9.17, 15) is 4.79 Å². The van der Waals surface area contributed by atoms with Gasteiger partial charge in [0, 0.05) is 31.9 Å². The number of furan rings is 1. The predicted molar refractivity (Wildman–Crippen MR) is 82.7 cm³/mol. The van der Waals surface area contributed by atoms with E-state index in [0.717, 1.165) is 31.9 Å². The second kappa shape index (κ2) is 5.64. The summed E-state index contributed by atoms with van der Waals surface area (Å²) in [7, 11) is 0. The molecule has 0 spiro atoms. The van der Waals surface area contributed by atoms with E-state index in [-0.39, 0.29) is 5.91 Å². The molecule has 4 heteroatoms. The van der Waals surface area contributed by atoms with Gasteiger partial charge in [0.15, 0.2) is 5.76 Å². The highest BCUT2D eigenvalue weighted by molar-refractivity contribution is 5.91. The van der Waals surface area contributed by atoms with E-state index in [1.807, 2.05) is 17.9 Å². The zero-order chi connectivity index (χ0) is 14.8. The zero-order valence-corrected chi connectivity index (χ0v) is 12.5. The van der Waals surface area contributed by atoms with Crippen molar-refractivity contribution >= 4 is 11.6 Å². The molecule has 110 valence electrons. The molecular weight excluding hydrogens is 264 g/mol. The van der Waals surface area contributed by atoms with Gasteiger partial charge in [-0.15, -0.1) is 0 Å². The number of amides is 1. The van der Waals surface area contributed by atoms with E-state index in [0.29, 0.717) is 5.76 Å².